The Kier molecular flexibility index (Phi) is 7.71. The molecule has 1 atom stereocenters. The summed E-state index contributed by atoms with van der Waals surface area (Å²) in [7, 11) is 1.69. The molecule has 28 heavy (non-hydrogen) atoms. The summed E-state index contributed by atoms with van der Waals surface area (Å²) in [6, 6.07) is 16.9. The first-order valence-corrected chi connectivity index (χ1v) is 10.1. The molecule has 0 amide bonds. The largest absolute Gasteiger partial charge is 0.497 e. The second-order valence-electron chi connectivity index (χ2n) is 7.26. The molecule has 1 aliphatic heterocycles. The van der Waals surface area contributed by atoms with E-state index in [1.807, 2.05) is 31.2 Å². The minimum Gasteiger partial charge on any atom is -0.497 e. The van der Waals surface area contributed by atoms with Crippen LogP contribution in [0.1, 0.15) is 24.5 Å². The number of benzene rings is 2. The molecule has 1 heterocycles. The molecule has 5 heteroatoms. The summed E-state index contributed by atoms with van der Waals surface area (Å²) >= 11 is 0. The maximum atomic E-state index is 9.59. The topological polar surface area (TPSA) is 45.2 Å². The number of methoxy groups -OCH3 is 1. The lowest BCUT2D eigenvalue weighted by Gasteiger charge is -2.41. The van der Waals surface area contributed by atoms with Gasteiger partial charge in [-0.3, -0.25) is 9.80 Å². The van der Waals surface area contributed by atoms with Crippen molar-refractivity contribution in [1.82, 2.24) is 9.80 Å². The molecule has 2 aromatic carbocycles. The van der Waals surface area contributed by atoms with E-state index >= 15 is 0 Å². The van der Waals surface area contributed by atoms with E-state index < -0.39 is 0 Å². The normalized spacial score (nSPS) is 18.2. The zero-order valence-electron chi connectivity index (χ0n) is 17.0. The summed E-state index contributed by atoms with van der Waals surface area (Å²) in [5.74, 6) is 1.85. The molecule has 1 N–H and O–H groups in total. The average Bonchev–Trinajstić information content (AvgIpc) is 2.72. The highest BCUT2D eigenvalue weighted by molar-refractivity contribution is 5.33. The highest BCUT2D eigenvalue weighted by atomic mass is 16.5. The average molecular weight is 385 g/mol. The molecule has 0 spiro atoms. The maximum Gasteiger partial charge on any atom is 0.123 e. The lowest BCUT2D eigenvalue weighted by atomic mass is 10.1. The summed E-state index contributed by atoms with van der Waals surface area (Å²) in [4.78, 5) is 4.96. The van der Waals surface area contributed by atoms with Gasteiger partial charge in [-0.15, -0.1) is 0 Å². The monoisotopic (exact) mass is 384 g/mol. The van der Waals surface area contributed by atoms with E-state index in [2.05, 4.69) is 34.1 Å². The van der Waals surface area contributed by atoms with Crippen LogP contribution in [0.3, 0.4) is 0 Å². The number of aliphatic hydroxyl groups is 1. The van der Waals surface area contributed by atoms with Gasteiger partial charge in [-0.2, -0.15) is 0 Å². The Morgan fingerprint density at radius 3 is 2.54 bits per heavy atom. The van der Waals surface area contributed by atoms with Gasteiger partial charge in [0, 0.05) is 50.9 Å². The van der Waals surface area contributed by atoms with E-state index in [0.717, 1.165) is 50.6 Å². The van der Waals surface area contributed by atoms with Crippen molar-refractivity contribution in [2.45, 2.75) is 32.5 Å². The third kappa shape index (κ3) is 5.47. The van der Waals surface area contributed by atoms with Crippen molar-refractivity contribution < 1.29 is 14.6 Å². The lowest BCUT2D eigenvalue weighted by molar-refractivity contribution is 0.0494. The van der Waals surface area contributed by atoms with E-state index in [4.69, 9.17) is 9.47 Å². The minimum absolute atomic E-state index is 0.213. The molecule has 152 valence electrons. The summed E-state index contributed by atoms with van der Waals surface area (Å²) in [5.41, 5.74) is 2.51. The van der Waals surface area contributed by atoms with Gasteiger partial charge in [-0.25, -0.2) is 0 Å². The fraction of sp³-hybridized carbons (Fsp3) is 0.478. The van der Waals surface area contributed by atoms with E-state index in [1.54, 1.807) is 7.11 Å². The first-order valence-electron chi connectivity index (χ1n) is 10.1. The van der Waals surface area contributed by atoms with Gasteiger partial charge < -0.3 is 14.6 Å². The second-order valence-corrected chi connectivity index (χ2v) is 7.26. The smallest absolute Gasteiger partial charge is 0.123 e. The van der Waals surface area contributed by atoms with Crippen molar-refractivity contribution in [2.75, 3.05) is 40.0 Å². The highest BCUT2D eigenvalue weighted by Crippen LogP contribution is 2.24. The van der Waals surface area contributed by atoms with Crippen LogP contribution in [0.5, 0.6) is 11.5 Å². The number of para-hydroxylation sites is 1. The van der Waals surface area contributed by atoms with Gasteiger partial charge in [-0.1, -0.05) is 30.3 Å². The Morgan fingerprint density at radius 2 is 1.82 bits per heavy atom. The summed E-state index contributed by atoms with van der Waals surface area (Å²) in [5, 5.41) is 9.59. The molecular formula is C23H32N2O3. The van der Waals surface area contributed by atoms with Crippen LogP contribution in [0.25, 0.3) is 0 Å². The minimum atomic E-state index is 0.213. The van der Waals surface area contributed by atoms with Crippen LogP contribution >= 0.6 is 0 Å². The van der Waals surface area contributed by atoms with Crippen LogP contribution in [0.2, 0.25) is 0 Å². The predicted octanol–water partition coefficient (Wildman–Crippen LogP) is 3.16. The van der Waals surface area contributed by atoms with Crippen LogP contribution in [-0.4, -0.2) is 60.9 Å². The Bertz CT molecular complexity index is 720. The molecule has 5 nitrogen and oxygen atoms in total. The van der Waals surface area contributed by atoms with Crippen molar-refractivity contribution >= 4 is 0 Å². The zero-order chi connectivity index (χ0) is 19.8. The molecule has 0 bridgehead atoms. The number of piperazine rings is 1. The third-order valence-corrected chi connectivity index (χ3v) is 5.36. The molecular weight excluding hydrogens is 352 g/mol. The fourth-order valence-corrected chi connectivity index (χ4v) is 3.87. The van der Waals surface area contributed by atoms with E-state index in [-0.39, 0.29) is 6.61 Å². The Morgan fingerprint density at radius 1 is 1.04 bits per heavy atom. The first kappa shape index (κ1) is 20.6. The molecule has 1 fully saturated rings. The molecule has 2 aromatic rings. The molecule has 3 rings (SSSR count). The molecule has 0 aromatic heterocycles. The molecule has 0 aliphatic carbocycles. The Hall–Kier alpha value is -2.08. The third-order valence-electron chi connectivity index (χ3n) is 5.36. The molecule has 1 saturated heterocycles. The fourth-order valence-electron chi connectivity index (χ4n) is 3.87. The molecule has 0 radical (unpaired) electrons. The van der Waals surface area contributed by atoms with Gasteiger partial charge in [0.15, 0.2) is 0 Å². The Labute approximate surface area is 168 Å². The van der Waals surface area contributed by atoms with Gasteiger partial charge in [0.2, 0.25) is 0 Å². The maximum absolute atomic E-state index is 9.59. The van der Waals surface area contributed by atoms with Crippen molar-refractivity contribution in [2.24, 2.45) is 0 Å². The van der Waals surface area contributed by atoms with Gasteiger partial charge in [0.25, 0.3) is 0 Å². The van der Waals surface area contributed by atoms with Crippen LogP contribution < -0.4 is 9.47 Å². The van der Waals surface area contributed by atoms with Crippen LogP contribution in [0.15, 0.2) is 48.5 Å². The number of ether oxygens (including phenoxy) is 2. The number of hydrogen-bond acceptors (Lipinski definition) is 5. The SMILES string of the molecule is CCOc1ccccc1CN1CCN(Cc2ccc(OC)cc2)C[C@@H]1CCO. The summed E-state index contributed by atoms with van der Waals surface area (Å²) < 4.78 is 11.0. The van der Waals surface area contributed by atoms with Crippen molar-refractivity contribution in [1.29, 1.82) is 0 Å². The summed E-state index contributed by atoms with van der Waals surface area (Å²) in [6.45, 7) is 7.66. The molecule has 0 saturated carbocycles. The van der Waals surface area contributed by atoms with Crippen molar-refractivity contribution in [3.05, 3.63) is 59.7 Å². The van der Waals surface area contributed by atoms with E-state index in [0.29, 0.717) is 12.6 Å². The van der Waals surface area contributed by atoms with Crippen LogP contribution in [0, 0.1) is 0 Å². The highest BCUT2D eigenvalue weighted by Gasteiger charge is 2.27. The van der Waals surface area contributed by atoms with Crippen LogP contribution in [-0.2, 0) is 13.1 Å². The molecule has 1 aliphatic rings. The summed E-state index contributed by atoms with van der Waals surface area (Å²) in [6.07, 6.45) is 0.788. The van der Waals surface area contributed by atoms with Crippen LogP contribution in [0.4, 0.5) is 0 Å². The van der Waals surface area contributed by atoms with Gasteiger partial charge in [0.05, 0.1) is 13.7 Å². The first-order chi connectivity index (χ1) is 13.7. The predicted molar refractivity (Wildman–Crippen MR) is 112 cm³/mol. The van der Waals surface area contributed by atoms with Crippen molar-refractivity contribution in [3.63, 3.8) is 0 Å². The van der Waals surface area contributed by atoms with Gasteiger partial charge in [-0.05, 0) is 37.1 Å². The van der Waals surface area contributed by atoms with Gasteiger partial charge in [0.1, 0.15) is 11.5 Å². The second kappa shape index (κ2) is 10.5. The van der Waals surface area contributed by atoms with E-state index in [1.165, 1.54) is 11.1 Å². The van der Waals surface area contributed by atoms with Crippen molar-refractivity contribution in [3.8, 4) is 11.5 Å². The van der Waals surface area contributed by atoms with E-state index in [9.17, 15) is 5.11 Å². The standard InChI is InChI=1S/C23H32N2O3/c1-3-28-23-7-5-4-6-20(23)17-25-14-13-24(18-21(25)12-15-26)16-19-8-10-22(27-2)11-9-19/h4-11,21,26H,3,12-18H2,1-2H3/t21-/m0/s1. The number of nitrogens with zero attached hydrogens (tertiary/aromatic N) is 2. The Balaban J connectivity index is 1.63. The quantitative estimate of drug-likeness (QED) is 0.720. The number of hydrogen-bond donors (Lipinski definition) is 1. The zero-order valence-corrected chi connectivity index (χ0v) is 17.0. The van der Waals surface area contributed by atoms with Gasteiger partial charge >= 0.3 is 0 Å². The number of rotatable bonds is 9. The molecule has 0 unspecified atom stereocenters. The number of aliphatic hydroxyl groups excluding tert-OH is 1. The lowest BCUT2D eigenvalue weighted by Crippen LogP contribution is -2.52.